The van der Waals surface area contributed by atoms with Crippen molar-refractivity contribution in [3.63, 3.8) is 0 Å². The number of alkyl halides is 1. The number of aryl methyl sites for hydroxylation is 1. The minimum absolute atomic E-state index is 0.129. The van der Waals surface area contributed by atoms with Gasteiger partial charge in [-0.3, -0.25) is 0 Å². The van der Waals surface area contributed by atoms with Gasteiger partial charge in [0.1, 0.15) is 5.82 Å². The van der Waals surface area contributed by atoms with Gasteiger partial charge in [0.15, 0.2) is 0 Å². The van der Waals surface area contributed by atoms with Crippen LogP contribution in [0.1, 0.15) is 28.0 Å². The highest BCUT2D eigenvalue weighted by Crippen LogP contribution is 2.28. The molecule has 0 aliphatic heterocycles. The molecule has 3 rings (SSSR count). The van der Waals surface area contributed by atoms with Crippen LogP contribution in [0.3, 0.4) is 0 Å². The van der Waals surface area contributed by atoms with Crippen LogP contribution in [-0.4, -0.2) is 14.5 Å². The summed E-state index contributed by atoms with van der Waals surface area (Å²) in [7, 11) is 0. The third kappa shape index (κ3) is 2.62. The lowest BCUT2D eigenvalue weighted by Gasteiger charge is -2.08. The molecule has 1 unspecified atom stereocenters. The normalized spacial score (nSPS) is 13.0. The van der Waals surface area contributed by atoms with E-state index in [2.05, 4.69) is 36.5 Å². The van der Waals surface area contributed by atoms with E-state index in [4.69, 9.17) is 11.6 Å². The van der Waals surface area contributed by atoms with Crippen LogP contribution in [0.5, 0.6) is 0 Å². The number of thiazole rings is 1. The van der Waals surface area contributed by atoms with Crippen molar-refractivity contribution in [2.45, 2.75) is 25.8 Å². The first kappa shape index (κ1) is 14.0. The van der Waals surface area contributed by atoms with Gasteiger partial charge in [0, 0.05) is 15.5 Å². The van der Waals surface area contributed by atoms with Gasteiger partial charge in [0.05, 0.1) is 28.0 Å². The molecule has 20 heavy (non-hydrogen) atoms. The summed E-state index contributed by atoms with van der Waals surface area (Å²) in [5.74, 6) is 0.894. The number of rotatable bonds is 3. The molecule has 1 atom stereocenters. The summed E-state index contributed by atoms with van der Waals surface area (Å²) in [5, 5.41) is 0.947. The maximum atomic E-state index is 6.28. The molecule has 0 N–H and O–H groups in total. The van der Waals surface area contributed by atoms with Crippen LogP contribution < -0.4 is 0 Å². The van der Waals surface area contributed by atoms with Gasteiger partial charge < -0.3 is 4.57 Å². The predicted molar refractivity (Wildman–Crippen MR) is 87.7 cm³/mol. The summed E-state index contributed by atoms with van der Waals surface area (Å²) in [4.78, 5) is 10.2. The molecule has 0 saturated heterocycles. The van der Waals surface area contributed by atoms with Gasteiger partial charge in [-0.1, -0.05) is 15.9 Å². The van der Waals surface area contributed by atoms with E-state index in [1.165, 1.54) is 4.88 Å². The molecular weight excluding hydrogens is 358 g/mol. The Morgan fingerprint density at radius 3 is 2.90 bits per heavy atom. The van der Waals surface area contributed by atoms with Crippen LogP contribution in [0.2, 0.25) is 0 Å². The quantitative estimate of drug-likeness (QED) is 0.613. The number of aromatic nitrogens is 3. The van der Waals surface area contributed by atoms with Gasteiger partial charge in [-0.2, -0.15) is 0 Å². The number of hydrogen-bond donors (Lipinski definition) is 0. The van der Waals surface area contributed by atoms with Gasteiger partial charge in [-0.15, -0.1) is 22.9 Å². The van der Waals surface area contributed by atoms with E-state index >= 15 is 0 Å². The molecule has 1 aromatic carbocycles. The van der Waals surface area contributed by atoms with Crippen molar-refractivity contribution in [2.24, 2.45) is 0 Å². The summed E-state index contributed by atoms with van der Waals surface area (Å²) in [6, 6.07) is 6.12. The molecule has 2 aromatic heterocycles. The Morgan fingerprint density at radius 1 is 1.45 bits per heavy atom. The topological polar surface area (TPSA) is 30.7 Å². The number of fused-ring (bicyclic) bond motifs is 1. The van der Waals surface area contributed by atoms with Gasteiger partial charge in [-0.05, 0) is 32.0 Å². The summed E-state index contributed by atoms with van der Waals surface area (Å²) in [5.41, 5.74) is 2.06. The number of benzene rings is 1. The number of imidazole rings is 1. The van der Waals surface area contributed by atoms with Crippen LogP contribution >= 0.6 is 38.9 Å². The molecule has 3 nitrogen and oxygen atoms in total. The van der Waals surface area contributed by atoms with E-state index in [1.54, 1.807) is 11.3 Å². The number of halogens is 2. The lowest BCUT2D eigenvalue weighted by molar-refractivity contribution is 0.749. The Bertz CT molecular complexity index is 763. The molecule has 0 fully saturated rings. The van der Waals surface area contributed by atoms with Crippen LogP contribution in [0.4, 0.5) is 0 Å². The van der Waals surface area contributed by atoms with Crippen LogP contribution in [-0.2, 0) is 6.54 Å². The standard InChI is InChI=1S/C14H13BrClN3S/c1-8(16)14-18-12-5-10(15)3-4-13(12)19(14)7-11-6-17-9(2)20-11/h3-6,8H,7H2,1-2H3. The van der Waals surface area contributed by atoms with Gasteiger partial charge in [-0.25, -0.2) is 9.97 Å². The van der Waals surface area contributed by atoms with Crippen LogP contribution in [0.25, 0.3) is 11.0 Å². The molecule has 0 spiro atoms. The molecule has 6 heteroatoms. The second-order valence-electron chi connectivity index (χ2n) is 4.65. The molecule has 104 valence electrons. The van der Waals surface area contributed by atoms with Gasteiger partial charge in [0.25, 0.3) is 0 Å². The zero-order valence-electron chi connectivity index (χ0n) is 11.1. The molecule has 2 heterocycles. The molecule has 0 aliphatic rings. The van der Waals surface area contributed by atoms with E-state index in [-0.39, 0.29) is 5.38 Å². The van der Waals surface area contributed by atoms with Gasteiger partial charge >= 0.3 is 0 Å². The molecule has 0 bridgehead atoms. The molecule has 0 aliphatic carbocycles. The largest absolute Gasteiger partial charge is 0.321 e. The number of hydrogen-bond acceptors (Lipinski definition) is 3. The summed E-state index contributed by atoms with van der Waals surface area (Å²) < 4.78 is 3.20. The zero-order chi connectivity index (χ0) is 14.3. The second-order valence-corrected chi connectivity index (χ2v) is 7.54. The summed E-state index contributed by atoms with van der Waals surface area (Å²) >= 11 is 11.5. The van der Waals surface area contributed by atoms with E-state index in [1.807, 2.05) is 32.2 Å². The van der Waals surface area contributed by atoms with Crippen molar-refractivity contribution < 1.29 is 0 Å². The highest BCUT2D eigenvalue weighted by molar-refractivity contribution is 9.10. The molecular formula is C14H13BrClN3S. The van der Waals surface area contributed by atoms with Crippen molar-refractivity contribution in [1.82, 2.24) is 14.5 Å². The Balaban J connectivity index is 2.13. The average Bonchev–Trinajstić information content (AvgIpc) is 2.94. The Hall–Kier alpha value is -0.910. The molecule has 0 radical (unpaired) electrons. The molecule has 3 aromatic rings. The van der Waals surface area contributed by atoms with E-state index in [0.717, 1.165) is 32.9 Å². The van der Waals surface area contributed by atoms with Crippen molar-refractivity contribution in [1.29, 1.82) is 0 Å². The summed E-state index contributed by atoms with van der Waals surface area (Å²) in [6.45, 7) is 4.73. The number of nitrogens with zero attached hydrogens (tertiary/aromatic N) is 3. The summed E-state index contributed by atoms with van der Waals surface area (Å²) in [6.07, 6.45) is 1.92. The van der Waals surface area contributed by atoms with Gasteiger partial charge in [0.2, 0.25) is 0 Å². The SMILES string of the molecule is Cc1ncc(Cn2c(C(C)Cl)nc3cc(Br)ccc32)s1. The van der Waals surface area contributed by atoms with E-state index in [0.29, 0.717) is 0 Å². The maximum Gasteiger partial charge on any atom is 0.128 e. The molecule has 0 saturated carbocycles. The van der Waals surface area contributed by atoms with Crippen molar-refractivity contribution in [3.05, 3.63) is 44.6 Å². The second kappa shape index (κ2) is 5.47. The first-order valence-corrected chi connectivity index (χ1v) is 8.30. The van der Waals surface area contributed by atoms with Crippen molar-refractivity contribution >= 4 is 49.9 Å². The highest BCUT2D eigenvalue weighted by atomic mass is 79.9. The predicted octanol–water partition coefficient (Wildman–Crippen LogP) is 4.91. The zero-order valence-corrected chi connectivity index (χ0v) is 14.3. The fourth-order valence-corrected chi connectivity index (χ4v) is 3.53. The van der Waals surface area contributed by atoms with Crippen LogP contribution in [0.15, 0.2) is 28.9 Å². The third-order valence-electron chi connectivity index (χ3n) is 3.08. The monoisotopic (exact) mass is 369 g/mol. The Morgan fingerprint density at radius 2 is 2.25 bits per heavy atom. The van der Waals surface area contributed by atoms with E-state index < -0.39 is 0 Å². The highest BCUT2D eigenvalue weighted by Gasteiger charge is 2.16. The van der Waals surface area contributed by atoms with Crippen LogP contribution in [0, 0.1) is 6.92 Å². The minimum Gasteiger partial charge on any atom is -0.321 e. The van der Waals surface area contributed by atoms with E-state index in [9.17, 15) is 0 Å². The minimum atomic E-state index is -0.129. The average molecular weight is 371 g/mol. The van der Waals surface area contributed by atoms with Crippen molar-refractivity contribution in [3.8, 4) is 0 Å². The smallest absolute Gasteiger partial charge is 0.128 e. The Labute approximate surface area is 134 Å². The first-order valence-electron chi connectivity index (χ1n) is 6.25. The Kier molecular flexibility index (Phi) is 3.84. The third-order valence-corrected chi connectivity index (χ3v) is 4.66. The fourth-order valence-electron chi connectivity index (χ4n) is 2.23. The first-order chi connectivity index (χ1) is 9.54. The lowest BCUT2D eigenvalue weighted by Crippen LogP contribution is -2.04. The van der Waals surface area contributed by atoms with Crippen molar-refractivity contribution in [2.75, 3.05) is 0 Å². The maximum absolute atomic E-state index is 6.28. The fraction of sp³-hybridized carbons (Fsp3) is 0.286. The molecule has 0 amide bonds. The lowest BCUT2D eigenvalue weighted by atomic mass is 10.3.